The highest BCUT2D eigenvalue weighted by Gasteiger charge is 2.08. The van der Waals surface area contributed by atoms with Crippen molar-refractivity contribution in [2.75, 3.05) is 20.8 Å². The van der Waals surface area contributed by atoms with Gasteiger partial charge in [-0.3, -0.25) is 0 Å². The molecule has 4 nitrogen and oxygen atoms in total. The minimum Gasteiger partial charge on any atom is -0.496 e. The fraction of sp³-hybridized carbons (Fsp3) is 0.364. The summed E-state index contributed by atoms with van der Waals surface area (Å²) in [6, 6.07) is 5.69. The van der Waals surface area contributed by atoms with E-state index in [0.29, 0.717) is 11.7 Å². The third-order valence-electron chi connectivity index (χ3n) is 2.20. The van der Waals surface area contributed by atoms with Crippen molar-refractivity contribution in [1.29, 1.82) is 0 Å². The molecule has 0 saturated carbocycles. The molecule has 0 amide bonds. The topological polar surface area (TPSA) is 56.5 Å². The van der Waals surface area contributed by atoms with Gasteiger partial charge in [-0.05, 0) is 30.8 Å². The standard InChI is InChI=1S/C11H16N2O2S/c1-14-9-4-3-5-10(15-2)8(9)6-7-13-11(12)16/h3-5H,6-7H2,1-2H3,(H3,12,13,16). The Morgan fingerprint density at radius 3 is 2.31 bits per heavy atom. The molecule has 0 atom stereocenters. The van der Waals surface area contributed by atoms with E-state index in [0.717, 1.165) is 23.5 Å². The Labute approximate surface area is 101 Å². The van der Waals surface area contributed by atoms with Crippen molar-refractivity contribution in [3.8, 4) is 11.5 Å². The van der Waals surface area contributed by atoms with Gasteiger partial charge in [-0.25, -0.2) is 0 Å². The summed E-state index contributed by atoms with van der Waals surface area (Å²) in [7, 11) is 3.28. The lowest BCUT2D eigenvalue weighted by Crippen LogP contribution is -2.30. The summed E-state index contributed by atoms with van der Waals surface area (Å²) in [6.07, 6.45) is 0.741. The lowest BCUT2D eigenvalue weighted by Gasteiger charge is -2.13. The molecule has 0 aromatic heterocycles. The Kier molecular flexibility index (Phi) is 4.85. The van der Waals surface area contributed by atoms with Crippen molar-refractivity contribution in [2.45, 2.75) is 6.42 Å². The van der Waals surface area contributed by atoms with Crippen LogP contribution in [-0.2, 0) is 6.42 Å². The number of nitrogens with two attached hydrogens (primary N) is 1. The van der Waals surface area contributed by atoms with Gasteiger partial charge in [0.25, 0.3) is 0 Å². The van der Waals surface area contributed by atoms with Crippen molar-refractivity contribution in [2.24, 2.45) is 5.73 Å². The Bertz CT molecular complexity index is 347. The van der Waals surface area contributed by atoms with Crippen LogP contribution in [0.1, 0.15) is 5.56 Å². The number of hydrogen-bond acceptors (Lipinski definition) is 3. The number of hydrogen-bond donors (Lipinski definition) is 2. The van der Waals surface area contributed by atoms with E-state index in [1.165, 1.54) is 0 Å². The predicted octanol–water partition coefficient (Wildman–Crippen LogP) is 1.08. The van der Waals surface area contributed by atoms with Crippen molar-refractivity contribution in [3.05, 3.63) is 23.8 Å². The number of benzene rings is 1. The number of rotatable bonds is 5. The van der Waals surface area contributed by atoms with E-state index in [9.17, 15) is 0 Å². The largest absolute Gasteiger partial charge is 0.496 e. The predicted molar refractivity (Wildman–Crippen MR) is 68.0 cm³/mol. The molecule has 0 saturated heterocycles. The molecule has 1 aromatic rings. The molecular formula is C11H16N2O2S. The molecule has 0 aliphatic carbocycles. The van der Waals surface area contributed by atoms with Crippen LogP contribution < -0.4 is 20.5 Å². The van der Waals surface area contributed by atoms with E-state index in [4.69, 9.17) is 27.4 Å². The summed E-state index contributed by atoms with van der Waals surface area (Å²) in [4.78, 5) is 0. The van der Waals surface area contributed by atoms with Crippen LogP contribution in [0.5, 0.6) is 11.5 Å². The molecule has 1 rings (SSSR count). The first-order chi connectivity index (χ1) is 7.69. The molecule has 0 fully saturated rings. The van der Waals surface area contributed by atoms with Crippen molar-refractivity contribution in [3.63, 3.8) is 0 Å². The van der Waals surface area contributed by atoms with Gasteiger partial charge >= 0.3 is 0 Å². The molecule has 0 aliphatic heterocycles. The lowest BCUT2D eigenvalue weighted by molar-refractivity contribution is 0.385. The molecule has 16 heavy (non-hydrogen) atoms. The van der Waals surface area contributed by atoms with E-state index >= 15 is 0 Å². The second kappa shape index (κ2) is 6.17. The molecule has 1 aromatic carbocycles. The quantitative estimate of drug-likeness (QED) is 0.754. The lowest BCUT2D eigenvalue weighted by atomic mass is 10.1. The van der Waals surface area contributed by atoms with E-state index in [-0.39, 0.29) is 0 Å². The van der Waals surface area contributed by atoms with Crippen LogP contribution >= 0.6 is 12.2 Å². The fourth-order valence-electron chi connectivity index (χ4n) is 1.49. The molecule has 5 heteroatoms. The number of nitrogens with one attached hydrogen (secondary N) is 1. The van der Waals surface area contributed by atoms with Crippen LogP contribution in [0, 0.1) is 0 Å². The maximum atomic E-state index is 5.36. The molecule has 0 heterocycles. The van der Waals surface area contributed by atoms with E-state index in [2.05, 4.69) is 5.32 Å². The molecule has 3 N–H and O–H groups in total. The average molecular weight is 240 g/mol. The van der Waals surface area contributed by atoms with Crippen molar-refractivity contribution in [1.82, 2.24) is 5.32 Å². The number of methoxy groups -OCH3 is 2. The Morgan fingerprint density at radius 2 is 1.88 bits per heavy atom. The highest BCUT2D eigenvalue weighted by atomic mass is 32.1. The van der Waals surface area contributed by atoms with Gasteiger partial charge in [0.05, 0.1) is 14.2 Å². The van der Waals surface area contributed by atoms with Gasteiger partial charge in [-0.2, -0.15) is 0 Å². The SMILES string of the molecule is COc1cccc(OC)c1CCNC(N)=S. The van der Waals surface area contributed by atoms with Gasteiger partial charge in [-0.15, -0.1) is 0 Å². The van der Waals surface area contributed by atoms with Crippen LogP contribution in [0.3, 0.4) is 0 Å². The summed E-state index contributed by atoms with van der Waals surface area (Å²) < 4.78 is 10.5. The third-order valence-corrected chi connectivity index (χ3v) is 2.35. The summed E-state index contributed by atoms with van der Waals surface area (Å²) in [5.41, 5.74) is 6.37. The zero-order valence-corrected chi connectivity index (χ0v) is 10.3. The maximum absolute atomic E-state index is 5.36. The van der Waals surface area contributed by atoms with Gasteiger partial charge in [0.1, 0.15) is 11.5 Å². The Balaban J connectivity index is 2.78. The Morgan fingerprint density at radius 1 is 1.31 bits per heavy atom. The highest BCUT2D eigenvalue weighted by Crippen LogP contribution is 2.28. The minimum absolute atomic E-state index is 0.300. The normalized spacial score (nSPS) is 9.62. The molecule has 0 spiro atoms. The van der Waals surface area contributed by atoms with Crippen molar-refractivity contribution >= 4 is 17.3 Å². The van der Waals surface area contributed by atoms with Crippen LogP contribution in [0.4, 0.5) is 0 Å². The third kappa shape index (κ3) is 3.27. The smallest absolute Gasteiger partial charge is 0.163 e. The fourth-order valence-corrected chi connectivity index (χ4v) is 1.59. The zero-order chi connectivity index (χ0) is 12.0. The second-order valence-corrected chi connectivity index (χ2v) is 3.62. The summed E-state index contributed by atoms with van der Waals surface area (Å²) in [5, 5.41) is 3.19. The van der Waals surface area contributed by atoms with Crippen LogP contribution in [0.15, 0.2) is 18.2 Å². The first-order valence-electron chi connectivity index (χ1n) is 4.92. The summed E-state index contributed by atoms with van der Waals surface area (Å²) in [6.45, 7) is 0.659. The van der Waals surface area contributed by atoms with Crippen LogP contribution in [-0.4, -0.2) is 25.9 Å². The number of ether oxygens (including phenoxy) is 2. The van der Waals surface area contributed by atoms with Gasteiger partial charge < -0.3 is 20.5 Å². The van der Waals surface area contributed by atoms with E-state index in [1.54, 1.807) is 14.2 Å². The van der Waals surface area contributed by atoms with Gasteiger partial charge in [0, 0.05) is 12.1 Å². The molecule has 0 aliphatic rings. The van der Waals surface area contributed by atoms with Gasteiger partial charge in [0.2, 0.25) is 0 Å². The molecule has 0 radical (unpaired) electrons. The van der Waals surface area contributed by atoms with Gasteiger partial charge in [0.15, 0.2) is 5.11 Å². The molecular weight excluding hydrogens is 224 g/mol. The first kappa shape index (κ1) is 12.6. The Hall–Kier alpha value is -1.49. The molecule has 0 bridgehead atoms. The van der Waals surface area contributed by atoms with E-state index < -0.39 is 0 Å². The molecule has 0 unspecified atom stereocenters. The van der Waals surface area contributed by atoms with Gasteiger partial charge in [-0.1, -0.05) is 6.07 Å². The highest BCUT2D eigenvalue weighted by molar-refractivity contribution is 7.80. The summed E-state index contributed by atoms with van der Waals surface area (Å²) >= 11 is 4.74. The maximum Gasteiger partial charge on any atom is 0.163 e. The van der Waals surface area contributed by atoms with E-state index in [1.807, 2.05) is 18.2 Å². The average Bonchev–Trinajstić information content (AvgIpc) is 2.28. The zero-order valence-electron chi connectivity index (χ0n) is 9.45. The van der Waals surface area contributed by atoms with Crippen molar-refractivity contribution < 1.29 is 9.47 Å². The monoisotopic (exact) mass is 240 g/mol. The van der Waals surface area contributed by atoms with Crippen LogP contribution in [0.2, 0.25) is 0 Å². The molecule has 88 valence electrons. The minimum atomic E-state index is 0.300. The summed E-state index contributed by atoms with van der Waals surface area (Å²) in [5.74, 6) is 1.62. The number of thiocarbonyl (C=S) groups is 1. The second-order valence-electron chi connectivity index (χ2n) is 3.18. The first-order valence-corrected chi connectivity index (χ1v) is 5.33. The van der Waals surface area contributed by atoms with Crippen LogP contribution in [0.25, 0.3) is 0 Å².